The summed E-state index contributed by atoms with van der Waals surface area (Å²) >= 11 is 0. The van der Waals surface area contributed by atoms with E-state index >= 15 is 0 Å². The summed E-state index contributed by atoms with van der Waals surface area (Å²) in [6.45, 7) is 3.00. The average Bonchev–Trinajstić information content (AvgIpc) is 2.37. The predicted molar refractivity (Wildman–Crippen MR) is 43.6 cm³/mol. The monoisotopic (exact) mass is 173 g/mol. The van der Waals surface area contributed by atoms with Gasteiger partial charge in [0.2, 0.25) is 0 Å². The molecular weight excluding hydrogens is 158 g/mol. The van der Waals surface area contributed by atoms with Crippen LogP contribution in [-0.2, 0) is 14.3 Å². The van der Waals surface area contributed by atoms with Crippen LogP contribution in [0.15, 0.2) is 0 Å². The van der Waals surface area contributed by atoms with Crippen LogP contribution in [0.2, 0.25) is 0 Å². The Balaban J connectivity index is 2.16. The lowest BCUT2D eigenvalue weighted by Crippen LogP contribution is -2.22. The van der Waals surface area contributed by atoms with Crippen LogP contribution < -0.4 is 5.73 Å². The molecule has 0 saturated carbocycles. The van der Waals surface area contributed by atoms with Gasteiger partial charge in [-0.3, -0.25) is 4.79 Å². The molecule has 1 aliphatic rings. The Labute approximate surface area is 72.0 Å². The largest absolute Gasteiger partial charge is 0.350 e. The van der Waals surface area contributed by atoms with Gasteiger partial charge in [-0.25, -0.2) is 0 Å². The highest BCUT2D eigenvalue weighted by Crippen LogP contribution is 2.09. The zero-order chi connectivity index (χ0) is 8.97. The quantitative estimate of drug-likeness (QED) is 0.652. The fourth-order valence-electron chi connectivity index (χ4n) is 1.15. The molecule has 0 radical (unpaired) electrons. The van der Waals surface area contributed by atoms with Gasteiger partial charge in [0.1, 0.15) is 5.78 Å². The van der Waals surface area contributed by atoms with Gasteiger partial charge in [-0.15, -0.1) is 0 Å². The SMILES string of the molecule is CC(N)CC(=O)CC1OCCO1. The lowest BCUT2D eigenvalue weighted by Gasteiger charge is -2.08. The maximum Gasteiger partial charge on any atom is 0.164 e. The molecule has 1 rings (SSSR count). The number of carbonyl (C=O) groups is 1. The van der Waals surface area contributed by atoms with Crippen molar-refractivity contribution in [3.63, 3.8) is 0 Å². The molecule has 12 heavy (non-hydrogen) atoms. The molecule has 0 aliphatic carbocycles. The average molecular weight is 173 g/mol. The smallest absolute Gasteiger partial charge is 0.164 e. The molecule has 1 unspecified atom stereocenters. The van der Waals surface area contributed by atoms with Crippen molar-refractivity contribution >= 4 is 5.78 Å². The Morgan fingerprint density at radius 2 is 2.17 bits per heavy atom. The van der Waals surface area contributed by atoms with Gasteiger partial charge in [-0.1, -0.05) is 0 Å². The van der Waals surface area contributed by atoms with Crippen LogP contribution >= 0.6 is 0 Å². The number of hydrogen-bond donors (Lipinski definition) is 1. The van der Waals surface area contributed by atoms with Gasteiger partial charge in [-0.05, 0) is 6.92 Å². The van der Waals surface area contributed by atoms with Crippen molar-refractivity contribution in [2.45, 2.75) is 32.1 Å². The Hall–Kier alpha value is -0.450. The van der Waals surface area contributed by atoms with Gasteiger partial charge >= 0.3 is 0 Å². The van der Waals surface area contributed by atoms with E-state index in [1.807, 2.05) is 6.92 Å². The van der Waals surface area contributed by atoms with E-state index in [1.54, 1.807) is 0 Å². The first-order valence-electron chi connectivity index (χ1n) is 4.19. The molecule has 0 aromatic carbocycles. The third-order valence-corrected chi connectivity index (χ3v) is 1.63. The molecule has 1 aliphatic heterocycles. The Kier molecular flexibility index (Phi) is 3.65. The second-order valence-corrected chi connectivity index (χ2v) is 3.10. The van der Waals surface area contributed by atoms with Crippen LogP contribution in [0.1, 0.15) is 19.8 Å². The summed E-state index contributed by atoms with van der Waals surface area (Å²) in [6, 6.07) is -0.0705. The van der Waals surface area contributed by atoms with Gasteiger partial charge in [0.15, 0.2) is 6.29 Å². The number of hydrogen-bond acceptors (Lipinski definition) is 4. The molecule has 1 atom stereocenters. The summed E-state index contributed by atoms with van der Waals surface area (Å²) in [4.78, 5) is 11.2. The minimum atomic E-state index is -0.323. The lowest BCUT2D eigenvalue weighted by atomic mass is 10.1. The molecule has 1 heterocycles. The number of ether oxygens (including phenoxy) is 2. The molecule has 0 aromatic heterocycles. The fraction of sp³-hybridized carbons (Fsp3) is 0.875. The highest BCUT2D eigenvalue weighted by Gasteiger charge is 2.19. The van der Waals surface area contributed by atoms with Gasteiger partial charge in [0, 0.05) is 12.5 Å². The van der Waals surface area contributed by atoms with E-state index in [9.17, 15) is 4.79 Å². The molecule has 0 amide bonds. The summed E-state index contributed by atoms with van der Waals surface area (Å²) in [6.07, 6.45) is 0.418. The standard InChI is InChI=1S/C8H15NO3/c1-6(9)4-7(10)5-8-11-2-3-12-8/h6,8H,2-5,9H2,1H3. The first-order chi connectivity index (χ1) is 5.68. The van der Waals surface area contributed by atoms with Crippen LogP contribution in [0.5, 0.6) is 0 Å². The number of nitrogens with two attached hydrogens (primary N) is 1. The number of carbonyl (C=O) groups excluding carboxylic acids is 1. The van der Waals surface area contributed by atoms with Crippen molar-refractivity contribution in [2.24, 2.45) is 5.73 Å². The maximum atomic E-state index is 11.2. The van der Waals surface area contributed by atoms with Gasteiger partial charge < -0.3 is 15.2 Å². The van der Waals surface area contributed by atoms with E-state index in [-0.39, 0.29) is 18.1 Å². The maximum absolute atomic E-state index is 11.2. The second-order valence-electron chi connectivity index (χ2n) is 3.10. The molecule has 1 saturated heterocycles. The summed E-state index contributed by atoms with van der Waals surface area (Å²) in [5.41, 5.74) is 5.47. The first-order valence-corrected chi connectivity index (χ1v) is 4.19. The van der Waals surface area contributed by atoms with Crippen molar-refractivity contribution in [1.29, 1.82) is 0 Å². The highest BCUT2D eigenvalue weighted by molar-refractivity contribution is 5.79. The van der Waals surface area contributed by atoms with Crippen LogP contribution in [0, 0.1) is 0 Å². The Bertz CT molecular complexity index is 152. The van der Waals surface area contributed by atoms with Crippen molar-refractivity contribution in [2.75, 3.05) is 13.2 Å². The van der Waals surface area contributed by atoms with E-state index in [0.717, 1.165) is 0 Å². The molecule has 0 spiro atoms. The van der Waals surface area contributed by atoms with Crippen molar-refractivity contribution in [3.05, 3.63) is 0 Å². The molecule has 0 aromatic rings. The van der Waals surface area contributed by atoms with Gasteiger partial charge in [0.05, 0.1) is 19.6 Å². The van der Waals surface area contributed by atoms with Gasteiger partial charge in [0.25, 0.3) is 0 Å². The second kappa shape index (κ2) is 4.54. The summed E-state index contributed by atoms with van der Waals surface area (Å²) < 4.78 is 10.2. The third-order valence-electron chi connectivity index (χ3n) is 1.63. The summed E-state index contributed by atoms with van der Waals surface area (Å²) in [5.74, 6) is 0.108. The number of rotatable bonds is 4. The van der Waals surface area contributed by atoms with E-state index in [4.69, 9.17) is 15.2 Å². The summed E-state index contributed by atoms with van der Waals surface area (Å²) in [7, 11) is 0. The molecule has 4 nitrogen and oxygen atoms in total. The molecule has 2 N–H and O–H groups in total. The first kappa shape index (κ1) is 9.64. The highest BCUT2D eigenvalue weighted by atomic mass is 16.7. The van der Waals surface area contributed by atoms with E-state index in [1.165, 1.54) is 0 Å². The predicted octanol–water partition coefficient (Wildman–Crippen LogP) is 0.0558. The normalized spacial score (nSPS) is 21.2. The fourth-order valence-corrected chi connectivity index (χ4v) is 1.15. The van der Waals surface area contributed by atoms with Gasteiger partial charge in [-0.2, -0.15) is 0 Å². The van der Waals surface area contributed by atoms with Crippen LogP contribution in [0.4, 0.5) is 0 Å². The van der Waals surface area contributed by atoms with Crippen molar-refractivity contribution in [3.8, 4) is 0 Å². The van der Waals surface area contributed by atoms with E-state index in [0.29, 0.717) is 26.1 Å². The molecule has 70 valence electrons. The third kappa shape index (κ3) is 3.30. The van der Waals surface area contributed by atoms with Crippen molar-refractivity contribution in [1.82, 2.24) is 0 Å². The molecule has 0 bridgehead atoms. The minimum Gasteiger partial charge on any atom is -0.350 e. The van der Waals surface area contributed by atoms with E-state index in [2.05, 4.69) is 0 Å². The number of Topliss-reactive ketones (excluding diaryl/α,β-unsaturated/α-hetero) is 1. The number of ketones is 1. The zero-order valence-corrected chi connectivity index (χ0v) is 7.29. The summed E-state index contributed by atoms with van der Waals surface area (Å²) in [5, 5.41) is 0. The molecule has 4 heteroatoms. The topological polar surface area (TPSA) is 61.6 Å². The minimum absolute atomic E-state index is 0.0705. The zero-order valence-electron chi connectivity index (χ0n) is 7.29. The molecular formula is C8H15NO3. The van der Waals surface area contributed by atoms with Crippen LogP contribution in [0.3, 0.4) is 0 Å². The van der Waals surface area contributed by atoms with Crippen LogP contribution in [-0.4, -0.2) is 31.3 Å². The lowest BCUT2D eigenvalue weighted by molar-refractivity contribution is -0.127. The van der Waals surface area contributed by atoms with Crippen molar-refractivity contribution < 1.29 is 14.3 Å². The van der Waals surface area contributed by atoms with Crippen LogP contribution in [0.25, 0.3) is 0 Å². The Morgan fingerprint density at radius 3 is 2.67 bits per heavy atom. The Morgan fingerprint density at radius 1 is 1.58 bits per heavy atom. The molecule has 1 fully saturated rings. The van der Waals surface area contributed by atoms with E-state index < -0.39 is 0 Å².